The molecule has 0 bridgehead atoms. The second kappa shape index (κ2) is 7.40. The quantitative estimate of drug-likeness (QED) is 0.623. The van der Waals surface area contributed by atoms with E-state index in [9.17, 15) is 14.7 Å². The smallest absolute Gasteiger partial charge is 0.335 e. The number of hydrogen-bond acceptors (Lipinski definition) is 4. The average Bonchev–Trinajstić information content (AvgIpc) is 2.67. The van der Waals surface area contributed by atoms with Gasteiger partial charge in [0.05, 0.1) is 22.5 Å². The highest BCUT2D eigenvalue weighted by Gasteiger charge is 2.11. The minimum Gasteiger partial charge on any atom is -0.478 e. The van der Waals surface area contributed by atoms with Crippen molar-refractivity contribution in [1.82, 2.24) is 0 Å². The van der Waals surface area contributed by atoms with Gasteiger partial charge < -0.3 is 10.2 Å². The van der Waals surface area contributed by atoms with Gasteiger partial charge in [0.25, 0.3) is 0 Å². The Hall–Kier alpha value is -3.80. The minimum atomic E-state index is -1.06. The van der Waals surface area contributed by atoms with E-state index in [1.165, 1.54) is 24.3 Å². The predicted molar refractivity (Wildman–Crippen MR) is 96.4 cm³/mol. The Kier molecular flexibility index (Phi) is 4.85. The second-order valence-electron chi connectivity index (χ2n) is 5.46. The van der Waals surface area contributed by atoms with Gasteiger partial charge in [-0.25, -0.2) is 9.59 Å². The number of hydrogen-bond donors (Lipinski definition) is 2. The molecule has 0 unspecified atom stereocenters. The third-order valence-corrected chi connectivity index (χ3v) is 3.72. The number of carboxylic acids is 2. The van der Waals surface area contributed by atoms with Gasteiger partial charge in [-0.05, 0) is 42.0 Å². The van der Waals surface area contributed by atoms with Crippen molar-refractivity contribution in [3.05, 3.63) is 83.9 Å². The van der Waals surface area contributed by atoms with Gasteiger partial charge in [0.15, 0.2) is 0 Å². The topological polar surface area (TPSA) is 99.3 Å². The minimum absolute atomic E-state index is 0.0953. The standard InChI is InChI=1S/C20H14N2O4/c23-19(24)14-8-6-13(7-9-14)17-11-10-15(20(25)26)12-18(17)22-21-16-4-2-1-3-5-16/h1-12H,(H,23,24)(H,25,26). The molecule has 0 aliphatic carbocycles. The lowest BCUT2D eigenvalue weighted by Gasteiger charge is -2.07. The van der Waals surface area contributed by atoms with E-state index in [-0.39, 0.29) is 11.1 Å². The van der Waals surface area contributed by atoms with Gasteiger partial charge in [-0.2, -0.15) is 5.11 Å². The highest BCUT2D eigenvalue weighted by atomic mass is 16.4. The predicted octanol–water partition coefficient (Wildman–Crippen LogP) is 5.17. The summed E-state index contributed by atoms with van der Waals surface area (Å²) in [6.45, 7) is 0. The fraction of sp³-hybridized carbons (Fsp3) is 0. The first kappa shape index (κ1) is 17.0. The Labute approximate surface area is 149 Å². The van der Waals surface area contributed by atoms with Gasteiger partial charge in [-0.1, -0.05) is 36.4 Å². The van der Waals surface area contributed by atoms with Crippen LogP contribution in [0.5, 0.6) is 0 Å². The normalized spacial score (nSPS) is 10.8. The van der Waals surface area contributed by atoms with E-state index in [2.05, 4.69) is 10.2 Å². The zero-order valence-corrected chi connectivity index (χ0v) is 13.5. The largest absolute Gasteiger partial charge is 0.478 e. The van der Waals surface area contributed by atoms with Crippen molar-refractivity contribution < 1.29 is 19.8 Å². The maximum absolute atomic E-state index is 11.3. The Balaban J connectivity index is 2.05. The second-order valence-corrected chi connectivity index (χ2v) is 5.46. The van der Waals surface area contributed by atoms with Crippen LogP contribution in [0.15, 0.2) is 83.0 Å². The van der Waals surface area contributed by atoms with E-state index < -0.39 is 11.9 Å². The molecule has 0 radical (unpaired) electrons. The zero-order valence-electron chi connectivity index (χ0n) is 13.5. The van der Waals surface area contributed by atoms with E-state index >= 15 is 0 Å². The van der Waals surface area contributed by atoms with Crippen LogP contribution in [0, 0.1) is 0 Å². The Morgan fingerprint density at radius 3 is 1.92 bits per heavy atom. The van der Waals surface area contributed by atoms with Crippen LogP contribution in [0.1, 0.15) is 20.7 Å². The van der Waals surface area contributed by atoms with Crippen LogP contribution in [0.3, 0.4) is 0 Å². The molecular weight excluding hydrogens is 332 g/mol. The fourth-order valence-corrected chi connectivity index (χ4v) is 2.39. The number of rotatable bonds is 5. The first-order valence-electron chi connectivity index (χ1n) is 7.72. The summed E-state index contributed by atoms with van der Waals surface area (Å²) in [4.78, 5) is 22.3. The fourth-order valence-electron chi connectivity index (χ4n) is 2.39. The molecule has 128 valence electrons. The first-order valence-corrected chi connectivity index (χ1v) is 7.72. The molecule has 3 rings (SSSR count). The first-order chi connectivity index (χ1) is 12.5. The third kappa shape index (κ3) is 3.81. The molecule has 0 saturated carbocycles. The van der Waals surface area contributed by atoms with Crippen LogP contribution in [0.25, 0.3) is 11.1 Å². The van der Waals surface area contributed by atoms with Crippen molar-refractivity contribution in [2.75, 3.05) is 0 Å². The lowest BCUT2D eigenvalue weighted by Crippen LogP contribution is -1.96. The average molecular weight is 346 g/mol. The van der Waals surface area contributed by atoms with Gasteiger partial charge in [0, 0.05) is 5.56 Å². The molecule has 0 amide bonds. The highest BCUT2D eigenvalue weighted by molar-refractivity contribution is 5.92. The number of azo groups is 1. The van der Waals surface area contributed by atoms with Crippen LogP contribution in [-0.4, -0.2) is 22.2 Å². The Morgan fingerprint density at radius 2 is 1.31 bits per heavy atom. The van der Waals surface area contributed by atoms with Crippen LogP contribution < -0.4 is 0 Å². The van der Waals surface area contributed by atoms with Crippen LogP contribution in [0.4, 0.5) is 11.4 Å². The number of aromatic carboxylic acids is 2. The van der Waals surface area contributed by atoms with Crippen molar-refractivity contribution in [3.8, 4) is 11.1 Å². The van der Waals surface area contributed by atoms with Gasteiger partial charge in [-0.15, -0.1) is 5.11 Å². The summed E-state index contributed by atoms with van der Waals surface area (Å²) < 4.78 is 0. The summed E-state index contributed by atoms with van der Waals surface area (Å²) in [5, 5.41) is 26.6. The summed E-state index contributed by atoms with van der Waals surface area (Å²) in [5.41, 5.74) is 2.67. The maximum atomic E-state index is 11.3. The lowest BCUT2D eigenvalue weighted by molar-refractivity contribution is 0.0686. The molecule has 3 aromatic rings. The summed E-state index contributed by atoms with van der Waals surface area (Å²) in [5.74, 6) is -2.07. The molecule has 3 aromatic carbocycles. The molecule has 0 fully saturated rings. The lowest BCUT2D eigenvalue weighted by atomic mass is 10.0. The molecule has 6 nitrogen and oxygen atoms in total. The van der Waals surface area contributed by atoms with Crippen LogP contribution >= 0.6 is 0 Å². The summed E-state index contributed by atoms with van der Waals surface area (Å²) in [6, 6.07) is 19.9. The van der Waals surface area contributed by atoms with E-state index in [0.29, 0.717) is 22.5 Å². The van der Waals surface area contributed by atoms with E-state index in [1.807, 2.05) is 18.2 Å². The molecule has 0 aromatic heterocycles. The third-order valence-electron chi connectivity index (χ3n) is 3.72. The number of benzene rings is 3. The molecular formula is C20H14N2O4. The van der Waals surface area contributed by atoms with Gasteiger partial charge in [0.1, 0.15) is 0 Å². The molecule has 6 heteroatoms. The monoisotopic (exact) mass is 346 g/mol. The van der Waals surface area contributed by atoms with Crippen molar-refractivity contribution >= 4 is 23.3 Å². The summed E-state index contributed by atoms with van der Waals surface area (Å²) in [7, 11) is 0. The number of carboxylic acid groups (broad SMARTS) is 2. The van der Waals surface area contributed by atoms with Crippen LogP contribution in [0.2, 0.25) is 0 Å². The highest BCUT2D eigenvalue weighted by Crippen LogP contribution is 2.33. The van der Waals surface area contributed by atoms with Crippen molar-refractivity contribution in [1.29, 1.82) is 0 Å². The summed E-state index contributed by atoms with van der Waals surface area (Å²) >= 11 is 0. The van der Waals surface area contributed by atoms with Crippen LogP contribution in [-0.2, 0) is 0 Å². The molecule has 2 N–H and O–H groups in total. The van der Waals surface area contributed by atoms with Crippen molar-refractivity contribution in [3.63, 3.8) is 0 Å². The summed E-state index contributed by atoms with van der Waals surface area (Å²) in [6.07, 6.45) is 0. The Morgan fingerprint density at radius 1 is 0.692 bits per heavy atom. The molecule has 0 aliphatic rings. The van der Waals surface area contributed by atoms with Gasteiger partial charge in [0.2, 0.25) is 0 Å². The van der Waals surface area contributed by atoms with Gasteiger partial charge in [-0.3, -0.25) is 0 Å². The Bertz CT molecular complexity index is 980. The van der Waals surface area contributed by atoms with Gasteiger partial charge >= 0.3 is 11.9 Å². The number of nitrogens with zero attached hydrogens (tertiary/aromatic N) is 2. The van der Waals surface area contributed by atoms with E-state index in [0.717, 1.165) is 0 Å². The van der Waals surface area contributed by atoms with Crippen molar-refractivity contribution in [2.45, 2.75) is 0 Å². The molecule has 0 atom stereocenters. The maximum Gasteiger partial charge on any atom is 0.335 e. The van der Waals surface area contributed by atoms with Crippen molar-refractivity contribution in [2.24, 2.45) is 10.2 Å². The van der Waals surface area contributed by atoms with E-state index in [1.54, 1.807) is 30.3 Å². The SMILES string of the molecule is O=C(O)c1ccc(-c2ccc(C(=O)O)cc2N=Nc2ccccc2)cc1. The molecule has 26 heavy (non-hydrogen) atoms. The molecule has 0 spiro atoms. The molecule has 0 heterocycles. The zero-order chi connectivity index (χ0) is 18.5. The number of carbonyl (C=O) groups is 2. The van der Waals surface area contributed by atoms with E-state index in [4.69, 9.17) is 5.11 Å². The molecule has 0 saturated heterocycles. The molecule has 0 aliphatic heterocycles.